The van der Waals surface area contributed by atoms with Gasteiger partial charge >= 0.3 is 0 Å². The van der Waals surface area contributed by atoms with Crippen LogP contribution in [-0.2, 0) is 0 Å². The van der Waals surface area contributed by atoms with Crippen LogP contribution in [0, 0.1) is 21.4 Å². The van der Waals surface area contributed by atoms with Crippen LogP contribution in [0.4, 0.5) is 5.69 Å². The van der Waals surface area contributed by atoms with Gasteiger partial charge in [-0.05, 0) is 36.5 Å². The van der Waals surface area contributed by atoms with Crippen molar-refractivity contribution in [3.8, 4) is 0 Å². The van der Waals surface area contributed by atoms with E-state index in [9.17, 15) is 10.1 Å². The molecule has 1 atom stereocenters. The van der Waals surface area contributed by atoms with Crippen molar-refractivity contribution >= 4 is 28.9 Å². The summed E-state index contributed by atoms with van der Waals surface area (Å²) >= 11 is 4.93. The van der Waals surface area contributed by atoms with Crippen LogP contribution in [0.3, 0.4) is 0 Å². The number of nitrogens with one attached hydrogen (secondary N) is 1. The Bertz CT molecular complexity index is 587. The number of non-ortho nitro benzene ring substituents is 1. The van der Waals surface area contributed by atoms with Crippen molar-refractivity contribution in [2.24, 2.45) is 11.7 Å². The number of nitro benzene ring substituents is 1. The Hall–Kier alpha value is -2.02. The molecule has 0 heterocycles. The second-order valence-corrected chi connectivity index (χ2v) is 5.72. The van der Waals surface area contributed by atoms with Crippen LogP contribution in [0.2, 0.25) is 0 Å². The van der Waals surface area contributed by atoms with Gasteiger partial charge in [0.25, 0.3) is 5.69 Å². The number of nitro groups is 1. The van der Waals surface area contributed by atoms with E-state index in [1.165, 1.54) is 11.0 Å². The van der Waals surface area contributed by atoms with Crippen LogP contribution in [0.1, 0.15) is 44.6 Å². The minimum absolute atomic E-state index is 0.0441. The predicted molar refractivity (Wildman–Crippen MR) is 96.8 cm³/mol. The third kappa shape index (κ3) is 4.48. The third-order valence-corrected chi connectivity index (χ3v) is 4.32. The zero-order valence-corrected chi connectivity index (χ0v) is 14.6. The lowest BCUT2D eigenvalue weighted by molar-refractivity contribution is -0.384. The van der Waals surface area contributed by atoms with Crippen molar-refractivity contribution < 1.29 is 4.92 Å². The minimum atomic E-state index is -0.414. The molecular formula is C16H24N4O2S. The molecule has 1 aliphatic rings. The average molecular weight is 336 g/mol. The molecule has 0 amide bonds. The standard InChI is InChI=1S/C14H18N4O2S.C2H6/c1-17(14(16)21)13(15)12(9-4-2-5-9)10-6-3-7-11(8-10)18(19)20;1-2/h3,6-9,12,15H,2,4-5H2,1H3,(H2,16,21);1-2H3. The predicted octanol–water partition coefficient (Wildman–Crippen LogP) is 3.66. The first-order valence-electron chi connectivity index (χ1n) is 7.77. The maximum atomic E-state index is 10.9. The molecule has 0 saturated heterocycles. The van der Waals surface area contributed by atoms with Gasteiger partial charge in [0.15, 0.2) is 5.11 Å². The van der Waals surface area contributed by atoms with Gasteiger partial charge in [-0.1, -0.05) is 32.4 Å². The second-order valence-electron chi connectivity index (χ2n) is 5.30. The van der Waals surface area contributed by atoms with Crippen molar-refractivity contribution in [2.75, 3.05) is 7.05 Å². The Labute approximate surface area is 142 Å². The van der Waals surface area contributed by atoms with Crippen molar-refractivity contribution in [1.29, 1.82) is 5.41 Å². The van der Waals surface area contributed by atoms with Crippen LogP contribution >= 0.6 is 12.2 Å². The Kier molecular flexibility index (Phi) is 7.09. The van der Waals surface area contributed by atoms with Gasteiger partial charge in [0.05, 0.1) is 4.92 Å². The number of hydrogen-bond acceptors (Lipinski definition) is 4. The van der Waals surface area contributed by atoms with E-state index in [1.807, 2.05) is 19.9 Å². The molecule has 0 aromatic heterocycles. The summed E-state index contributed by atoms with van der Waals surface area (Å²) in [6, 6.07) is 6.50. The molecule has 7 heteroatoms. The number of likely N-dealkylation sites (N-methyl/N-ethyl adjacent to an activating group) is 1. The molecule has 0 spiro atoms. The van der Waals surface area contributed by atoms with Crippen LogP contribution in [0.25, 0.3) is 0 Å². The molecule has 1 aliphatic carbocycles. The first-order chi connectivity index (χ1) is 10.9. The average Bonchev–Trinajstić information content (AvgIpc) is 2.51. The van der Waals surface area contributed by atoms with Gasteiger partial charge in [-0.2, -0.15) is 0 Å². The molecule has 126 valence electrons. The highest BCUT2D eigenvalue weighted by Gasteiger charge is 2.34. The maximum Gasteiger partial charge on any atom is 0.269 e. The molecule has 1 aromatic rings. The molecule has 3 N–H and O–H groups in total. The minimum Gasteiger partial charge on any atom is -0.376 e. The zero-order valence-electron chi connectivity index (χ0n) is 13.8. The molecule has 2 rings (SSSR count). The van der Waals surface area contributed by atoms with Crippen LogP contribution in [-0.4, -0.2) is 27.8 Å². The van der Waals surface area contributed by atoms with E-state index < -0.39 is 4.92 Å². The largest absolute Gasteiger partial charge is 0.376 e. The number of benzene rings is 1. The summed E-state index contributed by atoms with van der Waals surface area (Å²) in [6.45, 7) is 4.00. The quantitative estimate of drug-likeness (QED) is 0.287. The molecule has 23 heavy (non-hydrogen) atoms. The van der Waals surface area contributed by atoms with Crippen LogP contribution < -0.4 is 5.73 Å². The maximum absolute atomic E-state index is 10.9. The summed E-state index contributed by atoms with van der Waals surface area (Å²) in [5.41, 5.74) is 6.42. The fourth-order valence-electron chi connectivity index (χ4n) is 2.59. The summed E-state index contributed by atoms with van der Waals surface area (Å²) in [5.74, 6) is 0.411. The molecular weight excluding hydrogens is 312 g/mol. The topological polar surface area (TPSA) is 96.2 Å². The summed E-state index contributed by atoms with van der Waals surface area (Å²) in [7, 11) is 1.66. The molecule has 0 aliphatic heterocycles. The number of amidine groups is 1. The lowest BCUT2D eigenvalue weighted by Gasteiger charge is -2.36. The highest BCUT2D eigenvalue weighted by molar-refractivity contribution is 7.80. The Balaban J connectivity index is 0.00000127. The van der Waals surface area contributed by atoms with Crippen LogP contribution in [0.5, 0.6) is 0 Å². The van der Waals surface area contributed by atoms with E-state index in [1.54, 1.807) is 19.2 Å². The molecule has 0 radical (unpaired) electrons. The summed E-state index contributed by atoms with van der Waals surface area (Å²) in [5, 5.41) is 19.4. The first-order valence-corrected chi connectivity index (χ1v) is 8.18. The molecule has 1 saturated carbocycles. The zero-order chi connectivity index (χ0) is 17.6. The summed E-state index contributed by atoms with van der Waals surface area (Å²) < 4.78 is 0. The number of thiocarbonyl (C=S) groups is 1. The Morgan fingerprint density at radius 3 is 2.52 bits per heavy atom. The van der Waals surface area contributed by atoms with Gasteiger partial charge in [0, 0.05) is 25.1 Å². The van der Waals surface area contributed by atoms with Gasteiger partial charge in [-0.15, -0.1) is 0 Å². The van der Waals surface area contributed by atoms with Crippen molar-refractivity contribution in [3.05, 3.63) is 39.9 Å². The molecule has 0 bridgehead atoms. The first kappa shape index (κ1) is 19.0. The van der Waals surface area contributed by atoms with Gasteiger partial charge in [-0.25, -0.2) is 0 Å². The number of hydrogen-bond donors (Lipinski definition) is 2. The van der Waals surface area contributed by atoms with Gasteiger partial charge in [0.1, 0.15) is 5.84 Å². The monoisotopic (exact) mass is 336 g/mol. The number of nitrogens with zero attached hydrogens (tertiary/aromatic N) is 2. The SMILES string of the molecule is CC.CN(C(=N)C(c1cccc([N+](=O)[O-])c1)C1CCC1)C(N)=S. The molecule has 1 unspecified atom stereocenters. The smallest absolute Gasteiger partial charge is 0.269 e. The molecule has 6 nitrogen and oxygen atoms in total. The van der Waals surface area contributed by atoms with E-state index in [4.69, 9.17) is 23.4 Å². The van der Waals surface area contributed by atoms with E-state index in [0.717, 1.165) is 24.8 Å². The highest BCUT2D eigenvalue weighted by atomic mass is 32.1. The lowest BCUT2D eigenvalue weighted by Crippen LogP contribution is -2.42. The normalized spacial score (nSPS) is 14.7. The fourth-order valence-corrected chi connectivity index (χ4v) is 2.68. The van der Waals surface area contributed by atoms with E-state index in [0.29, 0.717) is 11.8 Å². The van der Waals surface area contributed by atoms with Crippen molar-refractivity contribution in [3.63, 3.8) is 0 Å². The highest BCUT2D eigenvalue weighted by Crippen LogP contribution is 2.41. The second kappa shape index (κ2) is 8.57. The lowest BCUT2D eigenvalue weighted by atomic mass is 9.72. The van der Waals surface area contributed by atoms with Crippen molar-refractivity contribution in [1.82, 2.24) is 4.90 Å². The third-order valence-electron chi connectivity index (χ3n) is 4.05. The number of nitrogens with two attached hydrogens (primary N) is 1. The van der Waals surface area contributed by atoms with Gasteiger partial charge in [0.2, 0.25) is 0 Å². The molecule has 1 fully saturated rings. The van der Waals surface area contributed by atoms with Crippen molar-refractivity contribution in [2.45, 2.75) is 39.0 Å². The van der Waals surface area contributed by atoms with E-state index >= 15 is 0 Å². The molecule has 1 aromatic carbocycles. The van der Waals surface area contributed by atoms with E-state index in [-0.39, 0.29) is 16.7 Å². The Morgan fingerprint density at radius 2 is 2.09 bits per heavy atom. The van der Waals surface area contributed by atoms with E-state index in [2.05, 4.69) is 0 Å². The summed E-state index contributed by atoms with van der Waals surface area (Å²) in [4.78, 5) is 12.0. The Morgan fingerprint density at radius 1 is 1.48 bits per heavy atom. The summed E-state index contributed by atoms with van der Waals surface area (Å²) in [6.07, 6.45) is 3.15. The van der Waals surface area contributed by atoms with Crippen LogP contribution in [0.15, 0.2) is 24.3 Å². The van der Waals surface area contributed by atoms with Gasteiger partial charge < -0.3 is 10.6 Å². The number of rotatable bonds is 4. The van der Waals surface area contributed by atoms with Gasteiger partial charge in [-0.3, -0.25) is 15.5 Å². The fraction of sp³-hybridized carbons (Fsp3) is 0.500.